The Balaban J connectivity index is 2.29. The van der Waals surface area contributed by atoms with Gasteiger partial charge in [-0.25, -0.2) is 0 Å². The van der Waals surface area contributed by atoms with Gasteiger partial charge in [0.15, 0.2) is 0 Å². The van der Waals surface area contributed by atoms with E-state index in [0.29, 0.717) is 17.2 Å². The van der Waals surface area contributed by atoms with Crippen LogP contribution in [0.3, 0.4) is 0 Å². The van der Waals surface area contributed by atoms with Crippen molar-refractivity contribution in [2.24, 2.45) is 0 Å². The van der Waals surface area contributed by atoms with Gasteiger partial charge in [0.25, 0.3) is 0 Å². The van der Waals surface area contributed by atoms with Gasteiger partial charge >= 0.3 is 0 Å². The second-order valence-electron chi connectivity index (χ2n) is 7.13. The average molecular weight is 354 g/mol. The molecule has 26 heavy (non-hydrogen) atoms. The molecule has 0 fully saturated rings. The molecule has 0 radical (unpaired) electrons. The third-order valence-corrected chi connectivity index (χ3v) is 4.62. The maximum Gasteiger partial charge on any atom is 0.133 e. The minimum absolute atomic E-state index is 0.189. The molecule has 1 aliphatic heterocycles. The summed E-state index contributed by atoms with van der Waals surface area (Å²) < 4.78 is 22.7. The lowest BCUT2D eigenvalue weighted by molar-refractivity contribution is 0.107. The van der Waals surface area contributed by atoms with Crippen molar-refractivity contribution >= 4 is 11.6 Å². The van der Waals surface area contributed by atoms with E-state index in [1.54, 1.807) is 21.3 Å². The van der Waals surface area contributed by atoms with Crippen molar-refractivity contribution < 1.29 is 18.9 Å². The van der Waals surface area contributed by atoms with E-state index in [1.807, 2.05) is 24.3 Å². The molecule has 0 amide bonds. The molecule has 138 valence electrons. The summed E-state index contributed by atoms with van der Waals surface area (Å²) in [5.41, 5.74) is 2.00. The average Bonchev–Trinajstić information content (AvgIpc) is 2.60. The van der Waals surface area contributed by atoms with E-state index in [1.165, 1.54) is 5.57 Å². The summed E-state index contributed by atoms with van der Waals surface area (Å²) in [6.07, 6.45) is 2.98. The van der Waals surface area contributed by atoms with Crippen molar-refractivity contribution in [3.05, 3.63) is 46.3 Å². The van der Waals surface area contributed by atoms with Crippen LogP contribution in [0.15, 0.2) is 30.3 Å². The highest BCUT2D eigenvalue weighted by molar-refractivity contribution is 5.67. The molecule has 0 aromatic heterocycles. The van der Waals surface area contributed by atoms with E-state index >= 15 is 0 Å². The Labute approximate surface area is 154 Å². The predicted molar refractivity (Wildman–Crippen MR) is 104 cm³/mol. The van der Waals surface area contributed by atoms with E-state index in [2.05, 4.69) is 32.9 Å². The Hall–Kier alpha value is -2.62. The zero-order chi connectivity index (χ0) is 18.9. The molecule has 1 aliphatic rings. The molecule has 4 nitrogen and oxygen atoms in total. The van der Waals surface area contributed by atoms with Gasteiger partial charge in [0.05, 0.1) is 26.9 Å². The maximum atomic E-state index is 6.19. The fraction of sp³-hybridized carbons (Fsp3) is 0.364. The van der Waals surface area contributed by atoms with Crippen molar-refractivity contribution in [3.63, 3.8) is 0 Å². The van der Waals surface area contributed by atoms with Crippen LogP contribution in [0.25, 0.3) is 11.6 Å². The van der Waals surface area contributed by atoms with Gasteiger partial charge in [0, 0.05) is 23.8 Å². The molecule has 2 aromatic rings. The molecule has 0 aliphatic carbocycles. The van der Waals surface area contributed by atoms with Crippen LogP contribution in [0.1, 0.15) is 32.8 Å². The van der Waals surface area contributed by atoms with Gasteiger partial charge in [-0.05, 0) is 38.1 Å². The first-order valence-electron chi connectivity index (χ1n) is 8.68. The lowest BCUT2D eigenvalue weighted by Crippen LogP contribution is -2.41. The Morgan fingerprint density at radius 1 is 1.00 bits per heavy atom. The van der Waals surface area contributed by atoms with Gasteiger partial charge in [0.1, 0.15) is 28.6 Å². The molecule has 0 atom stereocenters. The van der Waals surface area contributed by atoms with Crippen molar-refractivity contribution in [2.45, 2.75) is 32.8 Å². The van der Waals surface area contributed by atoms with Gasteiger partial charge in [-0.1, -0.05) is 17.7 Å². The summed E-state index contributed by atoms with van der Waals surface area (Å²) in [6, 6.07) is 9.86. The van der Waals surface area contributed by atoms with Gasteiger partial charge in [-0.3, -0.25) is 0 Å². The molecular weight excluding hydrogens is 328 g/mol. The molecule has 0 unspecified atom stereocenters. The van der Waals surface area contributed by atoms with E-state index in [0.717, 1.165) is 28.2 Å². The molecule has 0 spiro atoms. The van der Waals surface area contributed by atoms with Crippen molar-refractivity contribution in [1.82, 2.24) is 0 Å². The fourth-order valence-corrected chi connectivity index (χ4v) is 3.60. The van der Waals surface area contributed by atoms with Crippen LogP contribution >= 0.6 is 0 Å². The minimum Gasteiger partial charge on any atom is -0.496 e. The Morgan fingerprint density at radius 3 is 2.23 bits per heavy atom. The summed E-state index contributed by atoms with van der Waals surface area (Å²) in [7, 11) is 4.92. The number of methoxy groups -OCH3 is 3. The summed E-state index contributed by atoms with van der Waals surface area (Å²) in [5, 5.41) is 2.23. The van der Waals surface area contributed by atoms with Crippen LogP contribution in [0.5, 0.6) is 23.0 Å². The van der Waals surface area contributed by atoms with E-state index in [-0.39, 0.29) is 5.60 Å². The highest BCUT2D eigenvalue weighted by Gasteiger charge is 2.26. The molecular formula is C22H26O4. The second kappa shape index (κ2) is 6.94. The smallest absolute Gasteiger partial charge is 0.133 e. The van der Waals surface area contributed by atoms with Crippen LogP contribution in [-0.2, 0) is 0 Å². The molecule has 0 N–H and O–H groups in total. The summed E-state index contributed by atoms with van der Waals surface area (Å²) in [5.74, 6) is 3.01. The maximum absolute atomic E-state index is 6.19. The number of benzene rings is 2. The van der Waals surface area contributed by atoms with Crippen LogP contribution in [-0.4, -0.2) is 26.9 Å². The first-order valence-corrected chi connectivity index (χ1v) is 8.68. The fourth-order valence-electron chi connectivity index (χ4n) is 3.60. The minimum atomic E-state index is -0.189. The lowest BCUT2D eigenvalue weighted by atomic mass is 9.93. The first kappa shape index (κ1) is 18.2. The molecule has 1 heterocycles. The normalized spacial score (nSPS) is 15.9. The van der Waals surface area contributed by atoms with Crippen molar-refractivity contribution in [2.75, 3.05) is 21.3 Å². The standard InChI is InChI=1S/C22H26O4/c1-14-13-22(2,3)26-18-9-7-8-15(21(14)18)10-17-19(24-5)11-16(23-4)12-20(17)25-6/h7-12H,13H2,1-6H3/b15-10-. The monoisotopic (exact) mass is 354 g/mol. The zero-order valence-corrected chi connectivity index (χ0v) is 16.3. The topological polar surface area (TPSA) is 36.9 Å². The molecule has 0 saturated heterocycles. The van der Waals surface area contributed by atoms with Crippen molar-refractivity contribution in [1.29, 1.82) is 0 Å². The summed E-state index contributed by atoms with van der Waals surface area (Å²) >= 11 is 0. The second-order valence-corrected chi connectivity index (χ2v) is 7.13. The quantitative estimate of drug-likeness (QED) is 0.844. The van der Waals surface area contributed by atoms with Crippen LogP contribution in [0, 0.1) is 0 Å². The highest BCUT2D eigenvalue weighted by Crippen LogP contribution is 2.34. The number of fused-ring (bicyclic) bond motifs is 1. The summed E-state index contributed by atoms with van der Waals surface area (Å²) in [4.78, 5) is 0. The molecule has 0 saturated carbocycles. The van der Waals surface area contributed by atoms with Gasteiger partial charge in [-0.15, -0.1) is 0 Å². The van der Waals surface area contributed by atoms with Gasteiger partial charge in [-0.2, -0.15) is 0 Å². The van der Waals surface area contributed by atoms with E-state index in [4.69, 9.17) is 18.9 Å². The number of hydrogen-bond acceptors (Lipinski definition) is 4. The van der Waals surface area contributed by atoms with Crippen LogP contribution in [0.2, 0.25) is 0 Å². The zero-order valence-electron chi connectivity index (χ0n) is 16.3. The largest absolute Gasteiger partial charge is 0.496 e. The van der Waals surface area contributed by atoms with E-state index < -0.39 is 0 Å². The molecule has 2 aromatic carbocycles. The SMILES string of the molecule is COc1cc(OC)c(/C=c2/cccc3c2=C(C)CC(C)(C)O3)c(OC)c1. The Morgan fingerprint density at radius 2 is 1.65 bits per heavy atom. The third-order valence-electron chi connectivity index (χ3n) is 4.62. The molecule has 0 bridgehead atoms. The van der Waals surface area contributed by atoms with Gasteiger partial charge < -0.3 is 18.9 Å². The molecule has 4 heteroatoms. The Bertz CT molecular complexity index is 916. The lowest BCUT2D eigenvalue weighted by Gasteiger charge is -2.31. The van der Waals surface area contributed by atoms with E-state index in [9.17, 15) is 0 Å². The Kier molecular flexibility index (Phi) is 4.86. The number of hydrogen-bond donors (Lipinski definition) is 0. The molecule has 3 rings (SSSR count). The summed E-state index contributed by atoms with van der Waals surface area (Å²) in [6.45, 7) is 6.40. The highest BCUT2D eigenvalue weighted by atomic mass is 16.5. The van der Waals surface area contributed by atoms with Crippen LogP contribution in [0.4, 0.5) is 0 Å². The third kappa shape index (κ3) is 3.36. The first-order chi connectivity index (χ1) is 12.4. The van der Waals surface area contributed by atoms with Crippen LogP contribution < -0.4 is 29.4 Å². The number of rotatable bonds is 4. The number of ether oxygens (including phenoxy) is 4. The van der Waals surface area contributed by atoms with Gasteiger partial charge in [0.2, 0.25) is 0 Å². The van der Waals surface area contributed by atoms with Crippen molar-refractivity contribution in [3.8, 4) is 23.0 Å². The predicted octanol–water partition coefficient (Wildman–Crippen LogP) is 3.27.